The summed E-state index contributed by atoms with van der Waals surface area (Å²) in [6.07, 6.45) is 0. The number of ether oxygens (including phenoxy) is 1. The van der Waals surface area contributed by atoms with Crippen LogP contribution in [0.2, 0.25) is 15.3 Å². The van der Waals surface area contributed by atoms with Crippen LogP contribution in [0.5, 0.6) is 0 Å². The normalized spacial score (nSPS) is 16.1. The monoisotopic (exact) mass is 317 g/mol. The van der Waals surface area contributed by atoms with E-state index in [2.05, 4.69) is 14.9 Å². The van der Waals surface area contributed by atoms with E-state index in [1.54, 1.807) is 12.1 Å². The number of fused-ring (bicyclic) bond motifs is 1. The Balaban J connectivity index is 2.24. The van der Waals surface area contributed by atoms with Gasteiger partial charge in [0, 0.05) is 13.1 Å². The van der Waals surface area contributed by atoms with Crippen LogP contribution in [0.15, 0.2) is 12.1 Å². The van der Waals surface area contributed by atoms with Gasteiger partial charge in [-0.2, -0.15) is 4.98 Å². The van der Waals surface area contributed by atoms with E-state index in [0.717, 1.165) is 18.5 Å². The molecule has 7 heteroatoms. The lowest BCUT2D eigenvalue weighted by molar-refractivity contribution is 0.122. The molecule has 1 aromatic heterocycles. The molecular weight excluding hydrogens is 309 g/mol. The predicted molar refractivity (Wildman–Crippen MR) is 77.6 cm³/mol. The van der Waals surface area contributed by atoms with Crippen LogP contribution in [0.3, 0.4) is 0 Å². The van der Waals surface area contributed by atoms with E-state index in [1.165, 1.54) is 0 Å². The molecule has 1 fully saturated rings. The van der Waals surface area contributed by atoms with Gasteiger partial charge in [-0.15, -0.1) is 0 Å². The van der Waals surface area contributed by atoms with Crippen LogP contribution in [0.4, 0.5) is 5.82 Å². The first-order valence-corrected chi connectivity index (χ1v) is 6.94. The average Bonchev–Trinajstić information content (AvgIpc) is 2.43. The summed E-state index contributed by atoms with van der Waals surface area (Å²) in [5, 5.41) is 1.98. The Kier molecular flexibility index (Phi) is 3.67. The maximum atomic E-state index is 6.27. The minimum absolute atomic E-state index is 0.165. The van der Waals surface area contributed by atoms with Crippen LogP contribution >= 0.6 is 34.8 Å². The largest absolute Gasteiger partial charge is 0.378 e. The van der Waals surface area contributed by atoms with Crippen molar-refractivity contribution in [2.24, 2.45) is 0 Å². The molecule has 19 heavy (non-hydrogen) atoms. The Morgan fingerprint density at radius 1 is 1.00 bits per heavy atom. The van der Waals surface area contributed by atoms with Gasteiger partial charge in [0.05, 0.1) is 34.2 Å². The van der Waals surface area contributed by atoms with Gasteiger partial charge in [0.2, 0.25) is 5.28 Å². The molecule has 0 radical (unpaired) electrons. The summed E-state index contributed by atoms with van der Waals surface area (Å²) in [4.78, 5) is 10.6. The van der Waals surface area contributed by atoms with Gasteiger partial charge in [-0.05, 0) is 23.7 Å². The van der Waals surface area contributed by atoms with Crippen molar-refractivity contribution in [3.05, 3.63) is 27.5 Å². The van der Waals surface area contributed by atoms with Crippen molar-refractivity contribution < 1.29 is 4.74 Å². The second-order valence-corrected chi connectivity index (χ2v) is 5.32. The molecule has 1 aliphatic rings. The Hall–Kier alpha value is -0.810. The second kappa shape index (κ2) is 5.29. The van der Waals surface area contributed by atoms with Crippen LogP contribution in [0, 0.1) is 0 Å². The van der Waals surface area contributed by atoms with Crippen molar-refractivity contribution in [1.82, 2.24) is 9.97 Å². The Morgan fingerprint density at radius 2 is 1.68 bits per heavy atom. The summed E-state index contributed by atoms with van der Waals surface area (Å²) >= 11 is 18.4. The third-order valence-electron chi connectivity index (χ3n) is 3.01. The van der Waals surface area contributed by atoms with Crippen molar-refractivity contribution in [3.63, 3.8) is 0 Å². The van der Waals surface area contributed by atoms with Gasteiger partial charge in [0.25, 0.3) is 0 Å². The van der Waals surface area contributed by atoms with E-state index in [-0.39, 0.29) is 5.28 Å². The van der Waals surface area contributed by atoms with Crippen LogP contribution in [0.25, 0.3) is 10.9 Å². The number of morpholine rings is 1. The van der Waals surface area contributed by atoms with E-state index in [4.69, 9.17) is 39.5 Å². The molecule has 0 saturated carbocycles. The number of hydrogen-bond donors (Lipinski definition) is 0. The summed E-state index contributed by atoms with van der Waals surface area (Å²) < 4.78 is 5.34. The zero-order chi connectivity index (χ0) is 13.4. The smallest absolute Gasteiger partial charge is 0.224 e. The molecule has 0 N–H and O–H groups in total. The lowest BCUT2D eigenvalue weighted by Crippen LogP contribution is -2.37. The first-order valence-electron chi connectivity index (χ1n) is 5.81. The highest BCUT2D eigenvalue weighted by Crippen LogP contribution is 2.35. The Morgan fingerprint density at radius 3 is 2.42 bits per heavy atom. The summed E-state index contributed by atoms with van der Waals surface area (Å²) in [7, 11) is 0. The molecule has 0 aliphatic carbocycles. The number of aromatic nitrogens is 2. The van der Waals surface area contributed by atoms with Crippen molar-refractivity contribution >= 4 is 51.5 Å². The highest BCUT2D eigenvalue weighted by Gasteiger charge is 2.20. The molecule has 2 aromatic rings. The molecule has 0 amide bonds. The highest BCUT2D eigenvalue weighted by molar-refractivity contribution is 6.41. The van der Waals surface area contributed by atoms with Crippen molar-refractivity contribution in [2.45, 2.75) is 0 Å². The predicted octanol–water partition coefficient (Wildman–Crippen LogP) is 3.43. The SMILES string of the molecule is Clc1nc(N2CCOCC2)c2c(Cl)ccc(Cl)c2n1. The molecule has 100 valence electrons. The minimum Gasteiger partial charge on any atom is -0.378 e. The van der Waals surface area contributed by atoms with Crippen LogP contribution in [-0.4, -0.2) is 36.3 Å². The number of rotatable bonds is 1. The fraction of sp³-hybridized carbons (Fsp3) is 0.333. The third kappa shape index (κ3) is 2.46. The summed E-state index contributed by atoms with van der Waals surface area (Å²) in [6, 6.07) is 3.45. The highest BCUT2D eigenvalue weighted by atomic mass is 35.5. The van der Waals surface area contributed by atoms with Crippen molar-refractivity contribution in [3.8, 4) is 0 Å². The molecule has 4 nitrogen and oxygen atoms in total. The van der Waals surface area contributed by atoms with Gasteiger partial charge in [0.1, 0.15) is 5.82 Å². The second-order valence-electron chi connectivity index (χ2n) is 4.17. The third-order valence-corrected chi connectivity index (χ3v) is 3.80. The average molecular weight is 319 g/mol. The molecule has 0 bridgehead atoms. The summed E-state index contributed by atoms with van der Waals surface area (Å²) in [5.74, 6) is 0.714. The number of hydrogen-bond acceptors (Lipinski definition) is 4. The van der Waals surface area contributed by atoms with E-state index in [9.17, 15) is 0 Å². The zero-order valence-corrected chi connectivity index (χ0v) is 12.1. The van der Waals surface area contributed by atoms with Crippen molar-refractivity contribution in [2.75, 3.05) is 31.2 Å². The molecular formula is C12H10Cl3N3O. The number of anilines is 1. The lowest BCUT2D eigenvalue weighted by atomic mass is 10.2. The van der Waals surface area contributed by atoms with Crippen LogP contribution in [0.1, 0.15) is 0 Å². The lowest BCUT2D eigenvalue weighted by Gasteiger charge is -2.28. The summed E-state index contributed by atoms with van der Waals surface area (Å²) in [5.41, 5.74) is 0.579. The first-order chi connectivity index (χ1) is 9.16. The van der Waals surface area contributed by atoms with Crippen LogP contribution in [-0.2, 0) is 4.74 Å². The van der Waals surface area contributed by atoms with Crippen LogP contribution < -0.4 is 4.90 Å². The number of benzene rings is 1. The number of nitrogens with zero attached hydrogens (tertiary/aromatic N) is 3. The van der Waals surface area contributed by atoms with Gasteiger partial charge < -0.3 is 9.64 Å². The minimum atomic E-state index is 0.165. The first kappa shape index (κ1) is 13.2. The molecule has 1 aliphatic heterocycles. The molecule has 0 spiro atoms. The standard InChI is InChI=1S/C12H10Cl3N3O/c13-7-1-2-8(14)10-9(7)11(17-12(15)16-10)18-3-5-19-6-4-18/h1-2H,3-6H2. The van der Waals surface area contributed by atoms with Crippen molar-refractivity contribution in [1.29, 1.82) is 0 Å². The van der Waals surface area contributed by atoms with Gasteiger partial charge in [-0.1, -0.05) is 23.2 Å². The van der Waals surface area contributed by atoms with E-state index in [1.807, 2.05) is 0 Å². The van der Waals surface area contributed by atoms with Gasteiger partial charge in [-0.25, -0.2) is 4.98 Å². The maximum absolute atomic E-state index is 6.27. The fourth-order valence-corrected chi connectivity index (χ4v) is 2.73. The molecule has 0 unspecified atom stereocenters. The zero-order valence-electron chi connectivity index (χ0n) is 9.87. The fourth-order valence-electron chi connectivity index (χ4n) is 2.13. The molecule has 2 heterocycles. The van der Waals surface area contributed by atoms with Gasteiger partial charge in [-0.3, -0.25) is 0 Å². The molecule has 1 saturated heterocycles. The number of halogens is 3. The van der Waals surface area contributed by atoms with E-state index >= 15 is 0 Å². The summed E-state index contributed by atoms with van der Waals surface area (Å²) in [6.45, 7) is 2.79. The maximum Gasteiger partial charge on any atom is 0.224 e. The van der Waals surface area contributed by atoms with E-state index < -0.39 is 0 Å². The molecule has 3 rings (SSSR count). The molecule has 1 aromatic carbocycles. The van der Waals surface area contributed by atoms with Gasteiger partial charge >= 0.3 is 0 Å². The Bertz CT molecular complexity index is 629. The van der Waals surface area contributed by atoms with Gasteiger partial charge in [0.15, 0.2) is 0 Å². The Labute approximate surface area is 125 Å². The quantitative estimate of drug-likeness (QED) is 0.755. The topological polar surface area (TPSA) is 38.2 Å². The molecule has 0 atom stereocenters. The van der Waals surface area contributed by atoms with E-state index in [0.29, 0.717) is 34.6 Å².